The van der Waals surface area contributed by atoms with Gasteiger partial charge in [-0.15, -0.1) is 0 Å². The molecule has 29 heavy (non-hydrogen) atoms. The highest BCUT2D eigenvalue weighted by Crippen LogP contribution is 2.49. The largest absolute Gasteiger partial charge is 0.487 e. The van der Waals surface area contributed by atoms with Crippen LogP contribution in [0.3, 0.4) is 0 Å². The molecule has 0 heterocycles. The first-order valence-electron chi connectivity index (χ1n) is 10.1. The van der Waals surface area contributed by atoms with Gasteiger partial charge in [0.2, 0.25) is 0 Å². The molecule has 2 aromatic carbocycles. The van der Waals surface area contributed by atoms with Crippen molar-refractivity contribution in [1.29, 1.82) is 5.26 Å². The molecule has 0 aliphatic heterocycles. The molecule has 3 nitrogen and oxygen atoms in total. The van der Waals surface area contributed by atoms with Gasteiger partial charge >= 0.3 is 0 Å². The van der Waals surface area contributed by atoms with Crippen molar-refractivity contribution in [2.75, 3.05) is 0 Å². The number of carbonyl (C=O) groups is 1. The Hall–Kier alpha value is -2.02. The van der Waals surface area contributed by atoms with Crippen LogP contribution < -0.4 is 4.74 Å². The number of fused-ring (bicyclic) bond motifs is 1. The van der Waals surface area contributed by atoms with Crippen molar-refractivity contribution in [2.24, 2.45) is 11.3 Å². The summed E-state index contributed by atoms with van der Waals surface area (Å²) in [5.74, 6) is 1.24. The Bertz CT molecular complexity index is 987. The van der Waals surface area contributed by atoms with Crippen molar-refractivity contribution in [1.82, 2.24) is 0 Å². The van der Waals surface area contributed by atoms with Crippen LogP contribution in [-0.4, -0.2) is 5.78 Å². The number of hydrogen-bond donors (Lipinski definition) is 0. The van der Waals surface area contributed by atoms with Gasteiger partial charge in [0, 0.05) is 11.0 Å². The standard InChI is InChI=1S/C24H23Cl2NO2/c1-24(11-15-4-2-3-5-15)12-18-10-19(21(25)22(26)20(18)23(24)28)29-14-17-8-6-16(13-27)7-9-17/h6-10,15H,2-5,11-12,14H2,1H3. The maximum atomic E-state index is 13.2. The Morgan fingerprint density at radius 2 is 1.86 bits per heavy atom. The molecular weight excluding hydrogens is 405 g/mol. The van der Waals surface area contributed by atoms with E-state index < -0.39 is 5.41 Å². The maximum absolute atomic E-state index is 13.2. The van der Waals surface area contributed by atoms with Crippen LogP contribution in [0.25, 0.3) is 0 Å². The van der Waals surface area contributed by atoms with E-state index in [4.69, 9.17) is 33.2 Å². The van der Waals surface area contributed by atoms with Crippen LogP contribution in [-0.2, 0) is 13.0 Å². The van der Waals surface area contributed by atoms with Crippen LogP contribution in [0, 0.1) is 22.7 Å². The number of Topliss-reactive ketones (excluding diaryl/α,β-unsaturated/α-hetero) is 1. The summed E-state index contributed by atoms with van der Waals surface area (Å²) < 4.78 is 5.93. The van der Waals surface area contributed by atoms with E-state index in [1.54, 1.807) is 12.1 Å². The average molecular weight is 428 g/mol. The SMILES string of the molecule is CC1(CC2CCCC2)Cc2cc(OCc3ccc(C#N)cc3)c(Cl)c(Cl)c2C1=O. The second kappa shape index (κ2) is 8.01. The lowest BCUT2D eigenvalue weighted by Gasteiger charge is -2.25. The van der Waals surface area contributed by atoms with Gasteiger partial charge in [0.05, 0.1) is 16.7 Å². The zero-order valence-corrected chi connectivity index (χ0v) is 17.9. The molecule has 4 rings (SSSR count). The van der Waals surface area contributed by atoms with E-state index in [-0.39, 0.29) is 10.8 Å². The number of carbonyl (C=O) groups excluding carboxylic acids is 1. The van der Waals surface area contributed by atoms with Gasteiger partial charge < -0.3 is 4.74 Å². The molecule has 2 aliphatic carbocycles. The molecular formula is C24H23Cl2NO2. The molecule has 1 fully saturated rings. The monoisotopic (exact) mass is 427 g/mol. The number of hydrogen-bond acceptors (Lipinski definition) is 3. The van der Waals surface area contributed by atoms with Crippen molar-refractivity contribution in [3.8, 4) is 11.8 Å². The first-order chi connectivity index (χ1) is 13.9. The van der Waals surface area contributed by atoms with Crippen molar-refractivity contribution in [3.05, 3.63) is 62.6 Å². The molecule has 0 N–H and O–H groups in total. The van der Waals surface area contributed by atoms with Gasteiger partial charge in [-0.1, -0.05) is 67.9 Å². The predicted molar refractivity (Wildman–Crippen MR) is 115 cm³/mol. The predicted octanol–water partition coefficient (Wildman–Crippen LogP) is 6.77. The topological polar surface area (TPSA) is 50.1 Å². The molecule has 2 aromatic rings. The third-order valence-corrected chi connectivity index (χ3v) is 7.15. The summed E-state index contributed by atoms with van der Waals surface area (Å²) in [6.07, 6.45) is 6.56. The Kier molecular flexibility index (Phi) is 5.60. The van der Waals surface area contributed by atoms with E-state index in [0.29, 0.717) is 40.8 Å². The summed E-state index contributed by atoms with van der Waals surface area (Å²) in [7, 11) is 0. The minimum Gasteiger partial charge on any atom is -0.487 e. The van der Waals surface area contributed by atoms with Crippen molar-refractivity contribution < 1.29 is 9.53 Å². The fourth-order valence-electron chi connectivity index (χ4n) is 4.80. The normalized spacial score (nSPS) is 21.2. The third-order valence-electron chi connectivity index (χ3n) is 6.30. The first-order valence-corrected chi connectivity index (χ1v) is 10.8. The molecule has 0 spiro atoms. The van der Waals surface area contributed by atoms with Crippen molar-refractivity contribution >= 4 is 29.0 Å². The number of halogens is 2. The minimum absolute atomic E-state index is 0.116. The highest BCUT2D eigenvalue weighted by molar-refractivity contribution is 6.45. The van der Waals surface area contributed by atoms with Crippen molar-refractivity contribution in [3.63, 3.8) is 0 Å². The number of benzene rings is 2. The molecule has 1 atom stereocenters. The smallest absolute Gasteiger partial charge is 0.170 e. The number of rotatable bonds is 5. The minimum atomic E-state index is -0.407. The molecule has 1 saturated carbocycles. The molecule has 0 bridgehead atoms. The molecule has 0 aromatic heterocycles. The van der Waals surface area contributed by atoms with Gasteiger partial charge in [0.15, 0.2) is 5.78 Å². The number of ketones is 1. The molecule has 0 amide bonds. The Morgan fingerprint density at radius 1 is 1.17 bits per heavy atom. The summed E-state index contributed by atoms with van der Waals surface area (Å²) in [6.45, 7) is 2.38. The van der Waals surface area contributed by atoms with Crippen LogP contribution in [0.1, 0.15) is 66.1 Å². The summed E-state index contributed by atoms with van der Waals surface area (Å²) in [4.78, 5) is 13.2. The van der Waals surface area contributed by atoms with E-state index in [9.17, 15) is 4.79 Å². The average Bonchev–Trinajstić information content (AvgIpc) is 3.30. The van der Waals surface area contributed by atoms with Gasteiger partial charge in [-0.3, -0.25) is 4.79 Å². The highest BCUT2D eigenvalue weighted by atomic mass is 35.5. The molecule has 150 valence electrons. The number of ether oxygens (including phenoxy) is 1. The lowest BCUT2D eigenvalue weighted by molar-refractivity contribution is 0.0804. The summed E-state index contributed by atoms with van der Waals surface area (Å²) in [6, 6.07) is 11.2. The Balaban J connectivity index is 1.55. The van der Waals surface area contributed by atoms with E-state index >= 15 is 0 Å². The van der Waals surface area contributed by atoms with Gasteiger partial charge in [-0.25, -0.2) is 0 Å². The van der Waals surface area contributed by atoms with Crippen LogP contribution >= 0.6 is 23.2 Å². The number of nitriles is 1. The summed E-state index contributed by atoms with van der Waals surface area (Å²) in [5, 5.41) is 9.50. The van der Waals surface area contributed by atoms with E-state index in [1.807, 2.05) is 18.2 Å². The van der Waals surface area contributed by atoms with E-state index in [0.717, 1.165) is 17.5 Å². The fourth-order valence-corrected chi connectivity index (χ4v) is 5.30. The maximum Gasteiger partial charge on any atom is 0.170 e. The Morgan fingerprint density at radius 3 is 2.52 bits per heavy atom. The second-order valence-electron chi connectivity index (χ2n) is 8.56. The van der Waals surface area contributed by atoms with E-state index in [2.05, 4.69) is 13.0 Å². The zero-order valence-electron chi connectivity index (χ0n) is 16.4. The summed E-state index contributed by atoms with van der Waals surface area (Å²) in [5.41, 5.74) is 2.63. The molecule has 5 heteroatoms. The van der Waals surface area contributed by atoms with E-state index in [1.165, 1.54) is 25.7 Å². The van der Waals surface area contributed by atoms with Crippen LogP contribution in [0.15, 0.2) is 30.3 Å². The molecule has 0 radical (unpaired) electrons. The fraction of sp³-hybridized carbons (Fsp3) is 0.417. The van der Waals surface area contributed by atoms with Crippen LogP contribution in [0.2, 0.25) is 10.0 Å². The molecule has 0 saturated heterocycles. The quantitative estimate of drug-likeness (QED) is 0.528. The second-order valence-corrected chi connectivity index (χ2v) is 9.31. The Labute approximate surface area is 181 Å². The van der Waals surface area contributed by atoms with Crippen LogP contribution in [0.4, 0.5) is 0 Å². The zero-order chi connectivity index (χ0) is 20.6. The number of nitrogens with zero attached hydrogens (tertiary/aromatic N) is 1. The van der Waals surface area contributed by atoms with Crippen LogP contribution in [0.5, 0.6) is 5.75 Å². The van der Waals surface area contributed by atoms with Crippen molar-refractivity contribution in [2.45, 2.75) is 52.1 Å². The molecule has 2 aliphatic rings. The van der Waals surface area contributed by atoms with Gasteiger partial charge in [0.25, 0.3) is 0 Å². The third kappa shape index (κ3) is 3.89. The van der Waals surface area contributed by atoms with Gasteiger partial charge in [-0.2, -0.15) is 5.26 Å². The highest BCUT2D eigenvalue weighted by Gasteiger charge is 2.45. The molecule has 1 unspecified atom stereocenters. The lowest BCUT2D eigenvalue weighted by atomic mass is 9.77. The summed E-state index contributed by atoms with van der Waals surface area (Å²) >= 11 is 13.0. The van der Waals surface area contributed by atoms with Gasteiger partial charge in [-0.05, 0) is 48.1 Å². The van der Waals surface area contributed by atoms with Gasteiger partial charge in [0.1, 0.15) is 17.4 Å². The lowest BCUT2D eigenvalue weighted by Crippen LogP contribution is -2.26. The first kappa shape index (κ1) is 20.3.